The molecule has 0 radical (unpaired) electrons. The Morgan fingerprint density at radius 1 is 1.43 bits per heavy atom. The molecule has 0 fully saturated rings. The van der Waals surface area contributed by atoms with Crippen molar-refractivity contribution in [1.82, 2.24) is 0 Å². The maximum atomic E-state index is 5.19. The fourth-order valence-electron chi connectivity index (χ4n) is 0.164. The molecule has 0 N–H and O–H groups in total. The summed E-state index contributed by atoms with van der Waals surface area (Å²) < 4.78 is 5.19. The average molecular weight is 403 g/mol. The Labute approximate surface area is 65.9 Å². The molecule has 0 atom stereocenters. The zero-order valence-electron chi connectivity index (χ0n) is 3.75. The van der Waals surface area contributed by atoms with Gasteiger partial charge in [0.25, 0.3) is 0 Å². The Balaban J connectivity index is 3.15. The van der Waals surface area contributed by atoms with Crippen molar-refractivity contribution in [2.75, 3.05) is 6.61 Å². The standard InChI is InChI=1S/C2H5O.3BrH.Sn/c1-2-3;;;;/h2H2,1H3;3*1H;/q-1;;;;+4/p-3. The van der Waals surface area contributed by atoms with Gasteiger partial charge in [0.1, 0.15) is 0 Å². The summed E-state index contributed by atoms with van der Waals surface area (Å²) >= 11 is 7.74. The molecule has 0 aliphatic carbocycles. The van der Waals surface area contributed by atoms with E-state index in [0.29, 0.717) is 0 Å². The van der Waals surface area contributed by atoms with Crippen molar-refractivity contribution in [3.05, 3.63) is 0 Å². The van der Waals surface area contributed by atoms with Crippen LogP contribution in [0.15, 0.2) is 0 Å². The quantitative estimate of drug-likeness (QED) is 0.645. The third-order valence-corrected chi connectivity index (χ3v) is 6.67. The van der Waals surface area contributed by atoms with Gasteiger partial charge in [-0.15, -0.1) is 0 Å². The fraction of sp³-hybridized carbons (Fsp3) is 1.00. The molecule has 0 saturated carbocycles. The maximum absolute atomic E-state index is 5.19. The molecule has 0 aliphatic heterocycles. The summed E-state index contributed by atoms with van der Waals surface area (Å²) in [6.45, 7) is 2.73. The summed E-state index contributed by atoms with van der Waals surface area (Å²) in [6, 6.07) is 0. The zero-order valence-corrected chi connectivity index (χ0v) is 11.4. The fourth-order valence-corrected chi connectivity index (χ4v) is 5.70. The SMILES string of the molecule is CC[O][Sn]([Br])([Br])[Br]. The van der Waals surface area contributed by atoms with E-state index in [1.807, 2.05) is 6.92 Å². The molecule has 7 heavy (non-hydrogen) atoms. The van der Waals surface area contributed by atoms with Gasteiger partial charge in [-0.2, -0.15) is 0 Å². The third-order valence-electron chi connectivity index (χ3n) is 0.308. The minimum absolute atomic E-state index is 0.762. The minimum atomic E-state index is -2.34. The van der Waals surface area contributed by atoms with E-state index in [2.05, 4.69) is 38.1 Å². The van der Waals surface area contributed by atoms with Crippen LogP contribution in [0.2, 0.25) is 0 Å². The van der Waals surface area contributed by atoms with Crippen molar-refractivity contribution < 1.29 is 3.07 Å². The summed E-state index contributed by atoms with van der Waals surface area (Å²) in [7, 11) is 0. The van der Waals surface area contributed by atoms with Gasteiger partial charge in [-0.3, -0.25) is 0 Å². The van der Waals surface area contributed by atoms with Gasteiger partial charge < -0.3 is 0 Å². The molecule has 0 heterocycles. The predicted octanol–water partition coefficient (Wildman–Crippen LogP) is 2.64. The van der Waals surface area contributed by atoms with E-state index in [1.165, 1.54) is 0 Å². The van der Waals surface area contributed by atoms with E-state index in [4.69, 9.17) is 3.07 Å². The average Bonchev–Trinajstić information content (AvgIpc) is 1.30. The Morgan fingerprint density at radius 2 is 1.86 bits per heavy atom. The van der Waals surface area contributed by atoms with E-state index in [9.17, 15) is 0 Å². The van der Waals surface area contributed by atoms with Crippen molar-refractivity contribution in [3.63, 3.8) is 0 Å². The number of rotatable bonds is 2. The first-order chi connectivity index (χ1) is 3.06. The molecular formula is C2H5Br3OSn. The van der Waals surface area contributed by atoms with Crippen LogP contribution in [0.25, 0.3) is 0 Å². The van der Waals surface area contributed by atoms with Gasteiger partial charge in [0, 0.05) is 0 Å². The van der Waals surface area contributed by atoms with Crippen molar-refractivity contribution in [2.45, 2.75) is 6.92 Å². The van der Waals surface area contributed by atoms with Crippen LogP contribution in [0.4, 0.5) is 0 Å². The second-order valence-corrected chi connectivity index (χ2v) is 48.1. The van der Waals surface area contributed by atoms with Crippen molar-refractivity contribution in [3.8, 4) is 0 Å². The summed E-state index contributed by atoms with van der Waals surface area (Å²) in [5.41, 5.74) is 0. The molecule has 0 aromatic rings. The van der Waals surface area contributed by atoms with Crippen LogP contribution < -0.4 is 0 Å². The first-order valence-corrected chi connectivity index (χ1v) is 22.1. The molecule has 0 rings (SSSR count). The second-order valence-electron chi connectivity index (χ2n) is 0.879. The first kappa shape index (κ1) is 9.20. The van der Waals surface area contributed by atoms with Crippen LogP contribution in [-0.4, -0.2) is 18.7 Å². The van der Waals surface area contributed by atoms with E-state index in [0.717, 1.165) is 6.61 Å². The molecular weight excluding hydrogens is 398 g/mol. The van der Waals surface area contributed by atoms with E-state index >= 15 is 0 Å². The molecule has 1 nitrogen and oxygen atoms in total. The number of hydrogen-bond donors (Lipinski definition) is 0. The van der Waals surface area contributed by atoms with Crippen LogP contribution in [0.1, 0.15) is 6.92 Å². The molecule has 0 aromatic heterocycles. The second kappa shape index (κ2) is 4.08. The monoisotopic (exact) mass is 402 g/mol. The summed E-state index contributed by atoms with van der Waals surface area (Å²) in [4.78, 5) is 0. The van der Waals surface area contributed by atoms with Gasteiger partial charge in [0.15, 0.2) is 0 Å². The molecule has 0 saturated heterocycles. The Kier molecular flexibility index (Phi) is 5.37. The van der Waals surface area contributed by atoms with Gasteiger partial charge in [-0.05, 0) is 0 Å². The third kappa shape index (κ3) is 8.20. The van der Waals surface area contributed by atoms with Crippen molar-refractivity contribution in [2.24, 2.45) is 0 Å². The molecule has 0 aliphatic rings. The zero-order chi connectivity index (χ0) is 5.91. The molecule has 0 unspecified atom stereocenters. The Morgan fingerprint density at radius 3 is 1.86 bits per heavy atom. The van der Waals surface area contributed by atoms with Gasteiger partial charge in [-0.1, -0.05) is 0 Å². The van der Waals surface area contributed by atoms with Crippen molar-refractivity contribution in [1.29, 1.82) is 0 Å². The van der Waals surface area contributed by atoms with Crippen LogP contribution in [0.5, 0.6) is 0 Å². The van der Waals surface area contributed by atoms with Gasteiger partial charge in [0.05, 0.1) is 0 Å². The predicted molar refractivity (Wildman–Crippen MR) is 44.2 cm³/mol. The summed E-state index contributed by atoms with van der Waals surface area (Å²) in [5.74, 6) is 0. The normalized spacial score (nSPS) is 12.0. The van der Waals surface area contributed by atoms with E-state index in [-0.39, 0.29) is 0 Å². The summed E-state index contributed by atoms with van der Waals surface area (Å²) in [6.07, 6.45) is 0. The van der Waals surface area contributed by atoms with E-state index < -0.39 is 12.1 Å². The Hall–Kier alpha value is 2.20. The molecule has 44 valence electrons. The van der Waals surface area contributed by atoms with E-state index in [1.54, 1.807) is 0 Å². The molecule has 0 amide bonds. The number of hydrogen-bond acceptors (Lipinski definition) is 1. The van der Waals surface area contributed by atoms with Crippen LogP contribution in [0, 0.1) is 0 Å². The van der Waals surface area contributed by atoms with Gasteiger partial charge in [0.2, 0.25) is 0 Å². The van der Waals surface area contributed by atoms with Crippen molar-refractivity contribution >= 4 is 50.2 Å². The first-order valence-electron chi connectivity index (χ1n) is 1.77. The molecule has 0 bridgehead atoms. The number of halogens is 3. The molecule has 0 spiro atoms. The molecule has 5 heteroatoms. The topological polar surface area (TPSA) is 9.23 Å². The van der Waals surface area contributed by atoms with Crippen LogP contribution in [-0.2, 0) is 3.07 Å². The molecule has 0 aromatic carbocycles. The van der Waals surface area contributed by atoms with Crippen LogP contribution in [0.3, 0.4) is 0 Å². The van der Waals surface area contributed by atoms with Gasteiger partial charge in [-0.25, -0.2) is 0 Å². The Bertz CT molecular complexity index is 51.4. The van der Waals surface area contributed by atoms with Gasteiger partial charge >= 0.3 is 66.8 Å². The van der Waals surface area contributed by atoms with Crippen LogP contribution >= 0.6 is 38.1 Å². The summed E-state index contributed by atoms with van der Waals surface area (Å²) in [5, 5.41) is 0.